The number of carbonyl (C=O) groups excluding carboxylic acids is 2. The van der Waals surface area contributed by atoms with Gasteiger partial charge in [0.25, 0.3) is 5.91 Å². The van der Waals surface area contributed by atoms with Gasteiger partial charge in [-0.15, -0.1) is 0 Å². The number of nitro benzene ring substituents is 1. The minimum atomic E-state index is -1.32. The topological polar surface area (TPSA) is 108 Å². The van der Waals surface area contributed by atoms with E-state index in [0.29, 0.717) is 0 Å². The number of para-hydroxylation sites is 1. The van der Waals surface area contributed by atoms with E-state index >= 15 is 0 Å². The van der Waals surface area contributed by atoms with Crippen LogP contribution in [0.3, 0.4) is 0 Å². The first kappa shape index (κ1) is 17.4. The van der Waals surface area contributed by atoms with Crippen LogP contribution < -0.4 is 10.1 Å². The van der Waals surface area contributed by atoms with E-state index in [0.717, 1.165) is 0 Å². The Labute approximate surface area is 127 Å². The Balaban J connectivity index is 3.14. The first-order valence-electron chi connectivity index (χ1n) is 6.55. The van der Waals surface area contributed by atoms with Crippen molar-refractivity contribution in [1.29, 1.82) is 0 Å². The lowest BCUT2D eigenvalue weighted by atomic mass is 10.0. The number of benzene rings is 1. The molecule has 8 nitrogen and oxygen atoms in total. The van der Waals surface area contributed by atoms with Crippen LogP contribution in [0.1, 0.15) is 31.1 Å². The van der Waals surface area contributed by atoms with E-state index in [4.69, 9.17) is 9.47 Å². The molecule has 0 atom stereocenters. The van der Waals surface area contributed by atoms with Gasteiger partial charge in [-0.2, -0.15) is 0 Å². The highest BCUT2D eigenvalue weighted by Gasteiger charge is 2.34. The van der Waals surface area contributed by atoms with Crippen LogP contribution in [0.4, 0.5) is 5.69 Å². The molecule has 0 fully saturated rings. The molecule has 0 saturated heterocycles. The van der Waals surface area contributed by atoms with Gasteiger partial charge in [-0.05, 0) is 32.9 Å². The van der Waals surface area contributed by atoms with Crippen LogP contribution in [0.2, 0.25) is 0 Å². The lowest BCUT2D eigenvalue weighted by Crippen LogP contribution is -2.50. The fraction of sp³-hybridized carbons (Fsp3) is 0.429. The van der Waals surface area contributed by atoms with Crippen LogP contribution in [0.25, 0.3) is 0 Å². The van der Waals surface area contributed by atoms with Crippen LogP contribution in [0, 0.1) is 10.1 Å². The fourth-order valence-electron chi connectivity index (χ4n) is 1.77. The summed E-state index contributed by atoms with van der Waals surface area (Å²) in [6.45, 7) is 4.71. The van der Waals surface area contributed by atoms with Gasteiger partial charge in [0.15, 0.2) is 5.75 Å². The molecule has 1 amide bonds. The van der Waals surface area contributed by atoms with E-state index in [9.17, 15) is 19.7 Å². The third-order valence-corrected chi connectivity index (χ3v) is 2.86. The summed E-state index contributed by atoms with van der Waals surface area (Å²) in [5.41, 5.74) is -1.96. The van der Waals surface area contributed by atoms with Gasteiger partial charge in [-0.1, -0.05) is 6.07 Å². The number of esters is 1. The molecule has 0 aliphatic carbocycles. The summed E-state index contributed by atoms with van der Waals surface area (Å²) in [4.78, 5) is 34.5. The van der Waals surface area contributed by atoms with E-state index in [2.05, 4.69) is 5.32 Å². The van der Waals surface area contributed by atoms with Crippen molar-refractivity contribution in [1.82, 2.24) is 5.32 Å². The molecule has 22 heavy (non-hydrogen) atoms. The first-order chi connectivity index (χ1) is 10.2. The molecule has 0 spiro atoms. The highest BCUT2D eigenvalue weighted by molar-refractivity contribution is 6.01. The van der Waals surface area contributed by atoms with Crippen molar-refractivity contribution in [3.63, 3.8) is 0 Å². The number of amides is 1. The van der Waals surface area contributed by atoms with E-state index < -0.39 is 28.0 Å². The number of rotatable bonds is 6. The zero-order valence-electron chi connectivity index (χ0n) is 12.8. The Kier molecular flexibility index (Phi) is 5.44. The van der Waals surface area contributed by atoms with E-state index in [1.165, 1.54) is 39.2 Å². The van der Waals surface area contributed by atoms with Crippen molar-refractivity contribution in [3.8, 4) is 5.75 Å². The predicted octanol–water partition coefficient (Wildman–Crippen LogP) is 1.67. The summed E-state index contributed by atoms with van der Waals surface area (Å²) < 4.78 is 9.75. The maximum absolute atomic E-state index is 12.3. The molecule has 0 saturated carbocycles. The van der Waals surface area contributed by atoms with Gasteiger partial charge >= 0.3 is 11.7 Å². The normalized spacial score (nSPS) is 10.7. The van der Waals surface area contributed by atoms with Gasteiger partial charge in [0, 0.05) is 0 Å². The van der Waals surface area contributed by atoms with Crippen molar-refractivity contribution in [3.05, 3.63) is 33.9 Å². The van der Waals surface area contributed by atoms with Crippen molar-refractivity contribution in [2.24, 2.45) is 0 Å². The molecule has 1 rings (SSSR count). The van der Waals surface area contributed by atoms with Crippen LogP contribution in [0.5, 0.6) is 5.75 Å². The van der Waals surface area contributed by atoms with E-state index in [1.54, 1.807) is 6.92 Å². The maximum Gasteiger partial charge on any atom is 0.331 e. The molecule has 0 heterocycles. The number of methoxy groups -OCH3 is 1. The van der Waals surface area contributed by atoms with E-state index in [1.807, 2.05) is 0 Å². The Hall–Kier alpha value is -2.64. The number of nitro groups is 1. The van der Waals surface area contributed by atoms with Crippen molar-refractivity contribution in [2.45, 2.75) is 26.3 Å². The van der Waals surface area contributed by atoms with Crippen molar-refractivity contribution < 1.29 is 24.0 Å². The summed E-state index contributed by atoms with van der Waals surface area (Å²) in [5.74, 6) is -1.43. The third-order valence-electron chi connectivity index (χ3n) is 2.86. The Morgan fingerprint density at radius 3 is 2.50 bits per heavy atom. The predicted molar refractivity (Wildman–Crippen MR) is 77.8 cm³/mol. The number of nitrogens with zero attached hydrogens (tertiary/aromatic N) is 1. The molecule has 0 aliphatic rings. The number of nitrogens with one attached hydrogen (secondary N) is 1. The molecule has 0 aromatic heterocycles. The lowest BCUT2D eigenvalue weighted by Gasteiger charge is -2.23. The fourth-order valence-corrected chi connectivity index (χ4v) is 1.77. The molecule has 1 N–H and O–H groups in total. The standard InChI is InChI=1S/C14H18N2O6/c1-5-22-13(18)14(2,3)15-12(17)9-7-6-8-10(21-4)11(9)16(19)20/h6-8H,5H2,1-4H3,(H,15,17). The van der Waals surface area contributed by atoms with Gasteiger partial charge in [0.1, 0.15) is 11.1 Å². The quantitative estimate of drug-likeness (QED) is 0.486. The average molecular weight is 310 g/mol. The molecule has 0 radical (unpaired) electrons. The molecule has 1 aromatic rings. The van der Waals surface area contributed by atoms with Gasteiger partial charge in [0.05, 0.1) is 18.6 Å². The second-order valence-electron chi connectivity index (χ2n) is 4.91. The molecule has 0 bridgehead atoms. The zero-order chi connectivity index (χ0) is 16.9. The Morgan fingerprint density at radius 2 is 2.00 bits per heavy atom. The maximum atomic E-state index is 12.3. The van der Waals surface area contributed by atoms with Crippen LogP contribution in [0.15, 0.2) is 18.2 Å². The van der Waals surface area contributed by atoms with Crippen molar-refractivity contribution in [2.75, 3.05) is 13.7 Å². The molecule has 1 aromatic carbocycles. The Morgan fingerprint density at radius 1 is 1.36 bits per heavy atom. The van der Waals surface area contributed by atoms with Crippen LogP contribution in [-0.4, -0.2) is 36.1 Å². The minimum Gasteiger partial charge on any atom is -0.490 e. The minimum absolute atomic E-state index is 0.0356. The second-order valence-corrected chi connectivity index (χ2v) is 4.91. The number of carbonyl (C=O) groups is 2. The highest BCUT2D eigenvalue weighted by atomic mass is 16.6. The summed E-state index contributed by atoms with van der Waals surface area (Å²) in [6, 6.07) is 4.13. The second kappa shape index (κ2) is 6.88. The summed E-state index contributed by atoms with van der Waals surface area (Å²) >= 11 is 0. The van der Waals surface area contributed by atoms with Crippen LogP contribution in [-0.2, 0) is 9.53 Å². The average Bonchev–Trinajstić information content (AvgIpc) is 2.45. The lowest BCUT2D eigenvalue weighted by molar-refractivity contribution is -0.386. The van der Waals surface area contributed by atoms with Crippen molar-refractivity contribution >= 4 is 17.6 Å². The SMILES string of the molecule is CCOC(=O)C(C)(C)NC(=O)c1cccc(OC)c1[N+](=O)[O-]. The summed E-state index contributed by atoms with van der Waals surface area (Å²) in [5, 5.41) is 13.6. The highest BCUT2D eigenvalue weighted by Crippen LogP contribution is 2.30. The van der Waals surface area contributed by atoms with Gasteiger partial charge < -0.3 is 14.8 Å². The monoisotopic (exact) mass is 310 g/mol. The largest absolute Gasteiger partial charge is 0.490 e. The number of hydrogen-bond donors (Lipinski definition) is 1. The number of hydrogen-bond acceptors (Lipinski definition) is 6. The van der Waals surface area contributed by atoms with Gasteiger partial charge in [-0.25, -0.2) is 4.79 Å². The first-order valence-corrected chi connectivity index (χ1v) is 6.55. The summed E-state index contributed by atoms with van der Waals surface area (Å²) in [7, 11) is 1.27. The zero-order valence-corrected chi connectivity index (χ0v) is 12.8. The molecule has 120 valence electrons. The third kappa shape index (κ3) is 3.72. The molecule has 0 aliphatic heterocycles. The molecular weight excluding hydrogens is 292 g/mol. The molecule has 8 heteroatoms. The van der Waals surface area contributed by atoms with Crippen LogP contribution >= 0.6 is 0 Å². The molecule has 0 unspecified atom stereocenters. The number of ether oxygens (including phenoxy) is 2. The Bertz CT molecular complexity index is 597. The summed E-state index contributed by atoms with van der Waals surface area (Å²) in [6.07, 6.45) is 0. The molecular formula is C14H18N2O6. The van der Waals surface area contributed by atoms with Gasteiger partial charge in [0.2, 0.25) is 0 Å². The van der Waals surface area contributed by atoms with E-state index in [-0.39, 0.29) is 17.9 Å². The van der Waals surface area contributed by atoms with Gasteiger partial charge in [-0.3, -0.25) is 14.9 Å². The smallest absolute Gasteiger partial charge is 0.331 e.